The molecule has 0 saturated heterocycles. The summed E-state index contributed by atoms with van der Waals surface area (Å²) < 4.78 is 7.05. The Labute approximate surface area is 185 Å². The first-order valence-electron chi connectivity index (χ1n) is 8.99. The third kappa shape index (κ3) is 3.66. The summed E-state index contributed by atoms with van der Waals surface area (Å²) in [4.78, 5) is 9.22. The van der Waals surface area contributed by atoms with Crippen molar-refractivity contribution >= 4 is 56.1 Å². The number of benzene rings is 2. The summed E-state index contributed by atoms with van der Waals surface area (Å²) in [5, 5.41) is 13.7. The molecule has 0 fully saturated rings. The average molecular weight is 446 g/mol. The van der Waals surface area contributed by atoms with Crippen LogP contribution in [0.15, 0.2) is 70.5 Å². The molecule has 3 heterocycles. The summed E-state index contributed by atoms with van der Waals surface area (Å²) in [5.74, 6) is 1.27. The number of furan rings is 1. The van der Waals surface area contributed by atoms with E-state index in [1.165, 1.54) is 11.3 Å². The Bertz CT molecular complexity index is 1390. The fourth-order valence-electron chi connectivity index (χ4n) is 2.96. The molecule has 0 unspecified atom stereocenters. The minimum atomic E-state index is 0.449. The highest BCUT2D eigenvalue weighted by Crippen LogP contribution is 2.33. The number of rotatable bonds is 4. The van der Waals surface area contributed by atoms with E-state index >= 15 is 0 Å². The highest BCUT2D eigenvalue weighted by Gasteiger charge is 2.13. The van der Waals surface area contributed by atoms with Crippen LogP contribution in [0.25, 0.3) is 43.9 Å². The highest BCUT2D eigenvalue weighted by atomic mass is 35.5. The molecular formula is C23H12ClN3OS2. The van der Waals surface area contributed by atoms with Crippen molar-refractivity contribution in [2.24, 2.45) is 0 Å². The number of hydrogen-bond acceptors (Lipinski definition) is 6. The summed E-state index contributed by atoms with van der Waals surface area (Å²) in [5.41, 5.74) is 3.16. The second kappa shape index (κ2) is 7.88. The van der Waals surface area contributed by atoms with Gasteiger partial charge in [-0.15, -0.1) is 22.7 Å². The first-order chi connectivity index (χ1) is 14.7. The van der Waals surface area contributed by atoms with Gasteiger partial charge in [-0.1, -0.05) is 35.9 Å². The molecule has 0 atom stereocenters. The van der Waals surface area contributed by atoms with Gasteiger partial charge < -0.3 is 4.42 Å². The van der Waals surface area contributed by atoms with Crippen molar-refractivity contribution in [3.8, 4) is 28.1 Å². The molecule has 144 valence electrons. The van der Waals surface area contributed by atoms with Crippen molar-refractivity contribution < 1.29 is 4.42 Å². The van der Waals surface area contributed by atoms with Gasteiger partial charge in [0, 0.05) is 22.0 Å². The normalized spacial score (nSPS) is 11.7. The standard InChI is InChI=1S/C23H12ClN3OS2/c24-16-7-5-14(6-8-16)19-13-29-22(27-19)15(12-25)11-17-9-10-20(28-17)23-26-18-3-1-2-4-21(18)30-23/h1-11,13H/b15-11+. The van der Waals surface area contributed by atoms with Crippen molar-refractivity contribution in [2.45, 2.75) is 0 Å². The molecule has 0 radical (unpaired) electrons. The minimum absolute atomic E-state index is 0.449. The second-order valence-electron chi connectivity index (χ2n) is 6.40. The van der Waals surface area contributed by atoms with Gasteiger partial charge in [-0.05, 0) is 36.4 Å². The summed E-state index contributed by atoms with van der Waals surface area (Å²) >= 11 is 8.95. The van der Waals surface area contributed by atoms with Crippen LogP contribution in [0, 0.1) is 11.3 Å². The Kier molecular flexibility index (Phi) is 4.93. The van der Waals surface area contributed by atoms with Crippen LogP contribution >= 0.6 is 34.3 Å². The topological polar surface area (TPSA) is 62.7 Å². The summed E-state index contributed by atoms with van der Waals surface area (Å²) in [6.45, 7) is 0. The Hall–Kier alpha value is -3.24. The summed E-state index contributed by atoms with van der Waals surface area (Å²) in [7, 11) is 0. The smallest absolute Gasteiger partial charge is 0.163 e. The third-order valence-electron chi connectivity index (χ3n) is 4.41. The number of thiazole rings is 2. The Morgan fingerprint density at radius 2 is 1.87 bits per heavy atom. The predicted molar refractivity (Wildman–Crippen MR) is 123 cm³/mol. The lowest BCUT2D eigenvalue weighted by molar-refractivity contribution is 0.571. The highest BCUT2D eigenvalue weighted by molar-refractivity contribution is 7.21. The van der Waals surface area contributed by atoms with Gasteiger partial charge >= 0.3 is 0 Å². The fourth-order valence-corrected chi connectivity index (χ4v) is 4.81. The first kappa shape index (κ1) is 18.8. The number of allylic oxidation sites excluding steroid dienone is 1. The van der Waals surface area contributed by atoms with Crippen molar-refractivity contribution in [3.05, 3.63) is 81.8 Å². The average Bonchev–Trinajstić information content (AvgIpc) is 3.51. The molecule has 0 aliphatic carbocycles. The van der Waals surface area contributed by atoms with Crippen LogP contribution in [-0.2, 0) is 0 Å². The van der Waals surface area contributed by atoms with E-state index in [4.69, 9.17) is 16.0 Å². The van der Waals surface area contributed by atoms with Crippen molar-refractivity contribution in [1.82, 2.24) is 9.97 Å². The largest absolute Gasteiger partial charge is 0.454 e. The van der Waals surface area contributed by atoms with E-state index in [2.05, 4.69) is 16.0 Å². The molecule has 0 aliphatic rings. The van der Waals surface area contributed by atoms with E-state index in [1.54, 1.807) is 17.4 Å². The Morgan fingerprint density at radius 3 is 2.67 bits per heavy atom. The Balaban J connectivity index is 1.44. The summed E-state index contributed by atoms with van der Waals surface area (Å²) in [6.07, 6.45) is 1.71. The van der Waals surface area contributed by atoms with E-state index in [0.717, 1.165) is 26.5 Å². The van der Waals surface area contributed by atoms with Gasteiger partial charge in [0.15, 0.2) is 10.8 Å². The van der Waals surface area contributed by atoms with Crippen molar-refractivity contribution in [2.75, 3.05) is 0 Å². The van der Waals surface area contributed by atoms with Crippen molar-refractivity contribution in [3.63, 3.8) is 0 Å². The van der Waals surface area contributed by atoms with Gasteiger partial charge in [-0.2, -0.15) is 5.26 Å². The van der Waals surface area contributed by atoms with Crippen LogP contribution in [-0.4, -0.2) is 9.97 Å². The van der Waals surface area contributed by atoms with Crippen LogP contribution in [0.2, 0.25) is 5.02 Å². The van der Waals surface area contributed by atoms with Gasteiger partial charge in [0.1, 0.15) is 16.8 Å². The zero-order valence-electron chi connectivity index (χ0n) is 15.4. The lowest BCUT2D eigenvalue weighted by atomic mass is 10.2. The number of aromatic nitrogens is 2. The SMILES string of the molecule is N#C/C(=C\c1ccc(-c2nc3ccccc3s2)o1)c1nc(-c2ccc(Cl)cc2)cs1. The van der Waals surface area contributed by atoms with Crippen LogP contribution < -0.4 is 0 Å². The molecule has 0 aliphatic heterocycles. The number of para-hydroxylation sites is 1. The molecule has 4 nitrogen and oxygen atoms in total. The lowest BCUT2D eigenvalue weighted by Gasteiger charge is -1.96. The quantitative estimate of drug-likeness (QED) is 0.270. The molecule has 7 heteroatoms. The van der Waals surface area contributed by atoms with E-state index in [1.807, 2.05) is 66.0 Å². The number of nitriles is 1. The molecule has 3 aromatic heterocycles. The predicted octanol–water partition coefficient (Wildman–Crippen LogP) is 7.40. The van der Waals surface area contributed by atoms with Crippen LogP contribution in [0.3, 0.4) is 0 Å². The van der Waals surface area contributed by atoms with Gasteiger partial charge in [0.25, 0.3) is 0 Å². The van der Waals surface area contributed by atoms with Gasteiger partial charge in [-0.25, -0.2) is 9.97 Å². The van der Waals surface area contributed by atoms with Crippen LogP contribution in [0.4, 0.5) is 0 Å². The van der Waals surface area contributed by atoms with Gasteiger partial charge in [0.2, 0.25) is 0 Å². The van der Waals surface area contributed by atoms with E-state index < -0.39 is 0 Å². The molecule has 30 heavy (non-hydrogen) atoms. The molecule has 0 bridgehead atoms. The third-order valence-corrected chi connectivity index (χ3v) is 6.59. The van der Waals surface area contributed by atoms with E-state index in [9.17, 15) is 5.26 Å². The molecule has 0 N–H and O–H groups in total. The maximum absolute atomic E-state index is 9.66. The fraction of sp³-hybridized carbons (Fsp3) is 0. The lowest BCUT2D eigenvalue weighted by Crippen LogP contribution is -1.82. The van der Waals surface area contributed by atoms with Gasteiger partial charge in [-0.3, -0.25) is 0 Å². The molecule has 0 spiro atoms. The molecule has 0 amide bonds. The zero-order chi connectivity index (χ0) is 20.5. The van der Waals surface area contributed by atoms with E-state index in [0.29, 0.717) is 27.1 Å². The maximum Gasteiger partial charge on any atom is 0.163 e. The first-order valence-corrected chi connectivity index (χ1v) is 11.1. The number of hydrogen-bond donors (Lipinski definition) is 0. The van der Waals surface area contributed by atoms with Gasteiger partial charge in [0.05, 0.1) is 21.5 Å². The molecule has 5 rings (SSSR count). The number of halogens is 1. The van der Waals surface area contributed by atoms with Crippen LogP contribution in [0.5, 0.6) is 0 Å². The maximum atomic E-state index is 9.66. The van der Waals surface area contributed by atoms with Crippen LogP contribution in [0.1, 0.15) is 10.8 Å². The molecule has 2 aromatic carbocycles. The zero-order valence-corrected chi connectivity index (χ0v) is 17.8. The summed E-state index contributed by atoms with van der Waals surface area (Å²) in [6, 6.07) is 21.4. The molecular weight excluding hydrogens is 434 g/mol. The molecule has 5 aromatic rings. The van der Waals surface area contributed by atoms with Crippen molar-refractivity contribution in [1.29, 1.82) is 5.26 Å². The molecule has 0 saturated carbocycles. The number of fused-ring (bicyclic) bond motifs is 1. The monoisotopic (exact) mass is 445 g/mol. The van der Waals surface area contributed by atoms with E-state index in [-0.39, 0.29) is 0 Å². The number of nitrogens with zero attached hydrogens (tertiary/aromatic N) is 3. The minimum Gasteiger partial charge on any atom is -0.454 e. The second-order valence-corrected chi connectivity index (χ2v) is 8.73. The Morgan fingerprint density at radius 1 is 1.03 bits per heavy atom.